The lowest BCUT2D eigenvalue weighted by Crippen LogP contribution is -2.45. The Labute approximate surface area is 179 Å². The molecule has 0 amide bonds. The monoisotopic (exact) mass is 403 g/mol. The molecular weight excluding hydrogens is 361 g/mol. The van der Waals surface area contributed by atoms with Crippen molar-refractivity contribution in [3.8, 4) is 5.75 Å². The average molecular weight is 403 g/mol. The summed E-state index contributed by atoms with van der Waals surface area (Å²) in [6.45, 7) is 8.81. The summed E-state index contributed by atoms with van der Waals surface area (Å²) >= 11 is 0. The van der Waals surface area contributed by atoms with Crippen molar-refractivity contribution < 1.29 is 14.0 Å². The summed E-state index contributed by atoms with van der Waals surface area (Å²) in [5.41, 5.74) is 0. The Hall–Kier alpha value is -1.04. The van der Waals surface area contributed by atoms with Crippen LogP contribution in [0, 0.1) is 0 Å². The van der Waals surface area contributed by atoms with E-state index >= 15 is 0 Å². The molecule has 0 aromatic heterocycles. The largest absolute Gasteiger partial charge is 0.500 e. The van der Waals surface area contributed by atoms with Gasteiger partial charge in [-0.3, -0.25) is 4.90 Å². The van der Waals surface area contributed by atoms with Gasteiger partial charge in [0.2, 0.25) is 0 Å². The molecule has 0 radical (unpaired) electrons. The summed E-state index contributed by atoms with van der Waals surface area (Å²) in [6.07, 6.45) is 13.9. The van der Waals surface area contributed by atoms with Gasteiger partial charge < -0.3 is 14.0 Å². The van der Waals surface area contributed by atoms with Gasteiger partial charge in [0, 0.05) is 26.3 Å². The fourth-order valence-corrected chi connectivity index (χ4v) is 3.84. The van der Waals surface area contributed by atoms with E-state index in [4.69, 9.17) is 14.0 Å². The SMILES string of the molecule is CCCCCCCCCCCCN1CCOB(C(C)Oc2ccccc2)OCC1. The van der Waals surface area contributed by atoms with Gasteiger partial charge in [-0.2, -0.15) is 0 Å². The predicted molar refractivity (Wildman–Crippen MR) is 122 cm³/mol. The minimum absolute atomic E-state index is 0.120. The number of nitrogens with zero attached hydrogens (tertiary/aromatic N) is 1. The standard InChI is InChI=1S/C24H42BNO3/c1-3-4-5-6-7-8-9-10-11-15-18-26-19-21-27-25(28-22-20-26)23(2)29-24-16-13-12-14-17-24/h12-14,16-17,23H,3-11,15,18-22H2,1-2H3. The van der Waals surface area contributed by atoms with Gasteiger partial charge in [0.25, 0.3) is 0 Å². The van der Waals surface area contributed by atoms with Crippen molar-refractivity contribution in [2.45, 2.75) is 84.1 Å². The first-order valence-electron chi connectivity index (χ1n) is 12.0. The quantitative estimate of drug-likeness (QED) is 0.292. The third kappa shape index (κ3) is 11.1. The second-order valence-electron chi connectivity index (χ2n) is 8.27. The van der Waals surface area contributed by atoms with Gasteiger partial charge in [0.1, 0.15) is 11.8 Å². The lowest BCUT2D eigenvalue weighted by atomic mass is 9.81. The maximum atomic E-state index is 5.96. The number of hydrogen-bond acceptors (Lipinski definition) is 4. The maximum Gasteiger partial charge on any atom is 0.500 e. The number of hydrogen-bond donors (Lipinski definition) is 0. The number of benzene rings is 1. The van der Waals surface area contributed by atoms with Gasteiger partial charge in [-0.05, 0) is 32.0 Å². The van der Waals surface area contributed by atoms with Crippen molar-refractivity contribution in [3.63, 3.8) is 0 Å². The van der Waals surface area contributed by atoms with E-state index in [-0.39, 0.29) is 13.1 Å². The molecule has 29 heavy (non-hydrogen) atoms. The molecule has 1 aliphatic rings. The Bertz CT molecular complexity index is 492. The molecule has 5 heteroatoms. The molecule has 1 heterocycles. The van der Waals surface area contributed by atoms with Crippen LogP contribution >= 0.6 is 0 Å². The number of para-hydroxylation sites is 1. The minimum atomic E-state index is -0.297. The van der Waals surface area contributed by atoms with E-state index in [9.17, 15) is 0 Å². The average Bonchev–Trinajstić information content (AvgIpc) is 2.71. The van der Waals surface area contributed by atoms with Crippen molar-refractivity contribution >= 4 is 7.12 Å². The highest BCUT2D eigenvalue weighted by atomic mass is 16.6. The smallest absolute Gasteiger partial charge is 0.493 e. The highest BCUT2D eigenvalue weighted by molar-refractivity contribution is 6.46. The van der Waals surface area contributed by atoms with Crippen LogP contribution in [0.4, 0.5) is 0 Å². The van der Waals surface area contributed by atoms with Gasteiger partial charge in [-0.15, -0.1) is 0 Å². The van der Waals surface area contributed by atoms with E-state index in [2.05, 4.69) is 11.8 Å². The van der Waals surface area contributed by atoms with E-state index in [0.29, 0.717) is 13.2 Å². The van der Waals surface area contributed by atoms with Crippen molar-refractivity contribution in [1.29, 1.82) is 0 Å². The minimum Gasteiger partial charge on any atom is -0.493 e. The molecule has 1 aromatic carbocycles. The lowest BCUT2D eigenvalue weighted by molar-refractivity contribution is 0.0878. The molecule has 0 bridgehead atoms. The molecule has 1 unspecified atom stereocenters. The third-order valence-electron chi connectivity index (χ3n) is 5.66. The Morgan fingerprint density at radius 1 is 0.862 bits per heavy atom. The summed E-state index contributed by atoms with van der Waals surface area (Å²) in [5.74, 6) is 0.858. The van der Waals surface area contributed by atoms with Gasteiger partial charge in [0.15, 0.2) is 0 Å². The van der Waals surface area contributed by atoms with E-state index < -0.39 is 0 Å². The molecule has 4 nitrogen and oxygen atoms in total. The third-order valence-corrected chi connectivity index (χ3v) is 5.66. The van der Waals surface area contributed by atoms with Crippen molar-refractivity contribution in [3.05, 3.63) is 30.3 Å². The molecule has 0 aliphatic carbocycles. The van der Waals surface area contributed by atoms with Gasteiger partial charge in [-0.1, -0.05) is 82.9 Å². The Morgan fingerprint density at radius 3 is 2.00 bits per heavy atom. The summed E-state index contributed by atoms with van der Waals surface area (Å²) in [4.78, 5) is 2.48. The van der Waals surface area contributed by atoms with Crippen LogP contribution in [-0.4, -0.2) is 50.9 Å². The van der Waals surface area contributed by atoms with E-state index in [1.807, 2.05) is 37.3 Å². The molecule has 1 aromatic rings. The predicted octanol–water partition coefficient (Wildman–Crippen LogP) is 5.75. The van der Waals surface area contributed by atoms with E-state index in [1.54, 1.807) is 0 Å². The number of ether oxygens (including phenoxy) is 1. The normalized spacial score (nSPS) is 17.0. The highest BCUT2D eigenvalue weighted by Gasteiger charge is 2.30. The molecule has 2 rings (SSSR count). The highest BCUT2D eigenvalue weighted by Crippen LogP contribution is 2.14. The van der Waals surface area contributed by atoms with Crippen molar-refractivity contribution in [1.82, 2.24) is 4.90 Å². The van der Waals surface area contributed by atoms with Crippen LogP contribution < -0.4 is 4.74 Å². The van der Waals surface area contributed by atoms with Crippen LogP contribution in [0.25, 0.3) is 0 Å². The van der Waals surface area contributed by atoms with E-state index in [1.165, 1.54) is 64.2 Å². The Kier molecular flexibility index (Phi) is 13.2. The van der Waals surface area contributed by atoms with Crippen LogP contribution in [0.2, 0.25) is 0 Å². The summed E-state index contributed by atoms with van der Waals surface area (Å²) in [7, 11) is -0.297. The lowest BCUT2D eigenvalue weighted by Gasteiger charge is -2.29. The molecule has 1 aliphatic heterocycles. The second-order valence-corrected chi connectivity index (χ2v) is 8.27. The van der Waals surface area contributed by atoms with Gasteiger partial charge >= 0.3 is 7.12 Å². The van der Waals surface area contributed by atoms with Crippen LogP contribution in [-0.2, 0) is 9.31 Å². The first kappa shape index (κ1) is 24.2. The van der Waals surface area contributed by atoms with Crippen LogP contribution in [0.3, 0.4) is 0 Å². The van der Waals surface area contributed by atoms with Gasteiger partial charge in [0.05, 0.1) is 0 Å². The summed E-state index contributed by atoms with van der Waals surface area (Å²) in [6, 6.07) is 9.76. The maximum absolute atomic E-state index is 5.96. The van der Waals surface area contributed by atoms with Crippen LogP contribution in [0.1, 0.15) is 78.1 Å². The van der Waals surface area contributed by atoms with Crippen molar-refractivity contribution in [2.75, 3.05) is 32.8 Å². The molecule has 1 saturated heterocycles. The number of unbranched alkanes of at least 4 members (excludes halogenated alkanes) is 9. The molecule has 164 valence electrons. The molecule has 0 saturated carbocycles. The zero-order chi connectivity index (χ0) is 20.6. The fraction of sp³-hybridized carbons (Fsp3) is 0.750. The van der Waals surface area contributed by atoms with Crippen molar-refractivity contribution in [2.24, 2.45) is 0 Å². The molecule has 1 fully saturated rings. The molecule has 1 atom stereocenters. The fourth-order valence-electron chi connectivity index (χ4n) is 3.84. The topological polar surface area (TPSA) is 30.9 Å². The number of rotatable bonds is 14. The Morgan fingerprint density at radius 2 is 1.41 bits per heavy atom. The van der Waals surface area contributed by atoms with Gasteiger partial charge in [-0.25, -0.2) is 0 Å². The van der Waals surface area contributed by atoms with E-state index in [0.717, 1.165) is 25.4 Å². The van der Waals surface area contributed by atoms with Crippen LogP contribution in [0.15, 0.2) is 30.3 Å². The Balaban J connectivity index is 1.50. The zero-order valence-electron chi connectivity index (χ0n) is 18.8. The summed E-state index contributed by atoms with van der Waals surface area (Å²) in [5, 5.41) is 0. The molecule has 0 spiro atoms. The first-order chi connectivity index (χ1) is 14.3. The first-order valence-corrected chi connectivity index (χ1v) is 12.0. The second kappa shape index (κ2) is 15.8. The summed E-state index contributed by atoms with van der Waals surface area (Å²) < 4.78 is 17.9. The zero-order valence-corrected chi connectivity index (χ0v) is 18.8. The molecular formula is C24H42BNO3. The molecule has 0 N–H and O–H groups in total. The van der Waals surface area contributed by atoms with Crippen LogP contribution in [0.5, 0.6) is 5.75 Å².